The van der Waals surface area contributed by atoms with Crippen molar-refractivity contribution in [3.63, 3.8) is 0 Å². The van der Waals surface area contributed by atoms with Crippen LogP contribution in [0.15, 0.2) is 30.3 Å². The van der Waals surface area contributed by atoms with E-state index in [1.165, 1.54) is 0 Å². The van der Waals surface area contributed by atoms with Gasteiger partial charge < -0.3 is 8.43 Å². The van der Waals surface area contributed by atoms with Gasteiger partial charge in [0, 0.05) is 6.42 Å². The average Bonchev–Trinajstić information content (AvgIpc) is 2.32. The van der Waals surface area contributed by atoms with Crippen LogP contribution in [-0.4, -0.2) is 22.2 Å². The second-order valence-electron chi connectivity index (χ2n) is 7.28. The highest BCUT2D eigenvalue weighted by Crippen LogP contribution is 2.54. The first-order chi connectivity index (χ1) is 9.91. The average molecular weight is 359 g/mol. The van der Waals surface area contributed by atoms with Crippen LogP contribution in [0.3, 0.4) is 0 Å². The van der Waals surface area contributed by atoms with Gasteiger partial charge in [0.25, 0.3) is 0 Å². The van der Waals surface area contributed by atoms with E-state index in [2.05, 4.69) is 0 Å². The number of aryl methyl sites for hydroxylation is 1. The van der Waals surface area contributed by atoms with E-state index in [-0.39, 0.29) is 6.42 Å². The fourth-order valence-electron chi connectivity index (χ4n) is 1.87. The van der Waals surface area contributed by atoms with Crippen molar-refractivity contribution in [2.45, 2.75) is 52.1 Å². The van der Waals surface area contributed by atoms with Crippen LogP contribution < -0.4 is 0 Å². The molecular weight excluding hydrogens is 331 g/mol. The van der Waals surface area contributed by atoms with Gasteiger partial charge in [0.1, 0.15) is 0 Å². The summed E-state index contributed by atoms with van der Waals surface area (Å²) in [6, 6.07) is 9.69. The Bertz CT molecular complexity index is 527. The van der Waals surface area contributed by atoms with Crippen molar-refractivity contribution in [3.8, 4) is 0 Å². The third kappa shape index (κ3) is 7.16. The minimum atomic E-state index is -3.71. The van der Waals surface area contributed by atoms with E-state index in [0.717, 1.165) is 5.56 Å². The molecule has 0 spiro atoms. The van der Waals surface area contributed by atoms with Crippen molar-refractivity contribution in [1.29, 1.82) is 0 Å². The number of hydrogen-bond donors (Lipinski definition) is 0. The van der Waals surface area contributed by atoms with E-state index in [0.29, 0.717) is 6.42 Å². The Morgan fingerprint density at radius 3 is 1.82 bits per heavy atom. The molecule has 0 N–H and O–H groups in total. The maximum atomic E-state index is 13.0. The largest absolute Gasteiger partial charge is 0.377 e. The summed E-state index contributed by atoms with van der Waals surface area (Å²) in [5.41, 5.74) is 0.643. The van der Waals surface area contributed by atoms with E-state index in [9.17, 15) is 9.36 Å². The number of rotatable bonds is 8. The Balaban J connectivity index is 2.86. The molecule has 0 aromatic heterocycles. The highest BCUT2D eigenvalue weighted by molar-refractivity contribution is 7.74. The van der Waals surface area contributed by atoms with E-state index in [1.54, 1.807) is 0 Å². The quantitative estimate of drug-likeness (QED) is 0.482. The Morgan fingerprint density at radius 1 is 0.955 bits per heavy atom. The summed E-state index contributed by atoms with van der Waals surface area (Å²) in [6.45, 7) is 11.5. The molecule has 4 nitrogen and oxygen atoms in total. The predicted molar refractivity (Wildman–Crippen MR) is 96.2 cm³/mol. The van der Waals surface area contributed by atoms with Crippen LogP contribution in [-0.2, 0) is 24.2 Å². The summed E-state index contributed by atoms with van der Waals surface area (Å²) in [6.07, 6.45) is 0.726. The minimum Gasteiger partial charge on any atom is -0.346 e. The van der Waals surface area contributed by atoms with Gasteiger partial charge in [-0.2, -0.15) is 0 Å². The third-order valence-corrected chi connectivity index (χ3v) is 9.70. The molecular formula is C15H27O4PSi2. The molecule has 0 fully saturated rings. The van der Waals surface area contributed by atoms with E-state index >= 15 is 0 Å². The summed E-state index contributed by atoms with van der Waals surface area (Å²) in [7, 11) is -8.01. The summed E-state index contributed by atoms with van der Waals surface area (Å²) >= 11 is 0. The molecule has 1 rings (SSSR count). The molecule has 0 unspecified atom stereocenters. The van der Waals surface area contributed by atoms with Gasteiger partial charge in [-0.1, -0.05) is 30.3 Å². The van der Waals surface area contributed by atoms with E-state index < -0.39 is 29.8 Å². The molecule has 0 bridgehead atoms. The SMILES string of the molecule is C[Si](C)(C)OP(=O)(O[Si](C)(C)C)C(=O)CCc1ccccc1. The molecule has 0 aliphatic carbocycles. The topological polar surface area (TPSA) is 52.6 Å². The van der Waals surface area contributed by atoms with Crippen LogP contribution in [0.1, 0.15) is 12.0 Å². The van der Waals surface area contributed by atoms with Crippen molar-refractivity contribution < 1.29 is 17.8 Å². The molecule has 0 saturated carbocycles. The smallest absolute Gasteiger partial charge is 0.346 e. The fraction of sp³-hybridized carbons (Fsp3) is 0.533. The molecule has 1 aromatic carbocycles. The highest BCUT2D eigenvalue weighted by Gasteiger charge is 2.42. The maximum Gasteiger partial charge on any atom is 0.377 e. The van der Waals surface area contributed by atoms with E-state index in [1.807, 2.05) is 69.6 Å². The molecule has 0 atom stereocenters. The molecule has 124 valence electrons. The first kappa shape index (κ1) is 19.5. The number of carbonyl (C=O) groups excluding carboxylic acids is 1. The molecule has 0 heterocycles. The Morgan fingerprint density at radius 2 is 1.41 bits per heavy atom. The van der Waals surface area contributed by atoms with Gasteiger partial charge in [-0.05, 0) is 51.3 Å². The standard InChI is InChI=1S/C15H27O4PSi2/c1-21(2,3)18-20(17,19-22(4,5)6)15(16)13-12-14-10-8-7-9-11-14/h7-11H,12-13H2,1-6H3. The first-order valence-electron chi connectivity index (χ1n) is 7.50. The molecule has 0 aliphatic rings. The normalized spacial score (nSPS) is 13.2. The van der Waals surface area contributed by atoms with Crippen LogP contribution in [0.25, 0.3) is 0 Å². The Hall–Kier alpha value is -0.526. The Kier molecular flexibility index (Phi) is 6.53. The molecule has 0 saturated heterocycles. The lowest BCUT2D eigenvalue weighted by molar-refractivity contribution is -0.113. The van der Waals surface area contributed by atoms with Crippen molar-refractivity contribution in [1.82, 2.24) is 0 Å². The zero-order chi connectivity index (χ0) is 17.0. The van der Waals surface area contributed by atoms with Gasteiger partial charge in [0.05, 0.1) is 0 Å². The van der Waals surface area contributed by atoms with Gasteiger partial charge >= 0.3 is 7.60 Å². The number of carbonyl (C=O) groups is 1. The molecule has 22 heavy (non-hydrogen) atoms. The van der Waals surface area contributed by atoms with Gasteiger partial charge in [0.15, 0.2) is 16.6 Å². The summed E-state index contributed by atoms with van der Waals surface area (Å²) in [5.74, 6) is 0. The lowest BCUT2D eigenvalue weighted by Crippen LogP contribution is -2.32. The lowest BCUT2D eigenvalue weighted by atomic mass is 10.1. The molecule has 0 amide bonds. The highest BCUT2D eigenvalue weighted by atomic mass is 31.2. The monoisotopic (exact) mass is 358 g/mol. The second kappa shape index (κ2) is 7.36. The van der Waals surface area contributed by atoms with Crippen molar-refractivity contribution in [2.24, 2.45) is 0 Å². The van der Waals surface area contributed by atoms with Crippen LogP contribution in [0, 0.1) is 0 Å². The van der Waals surface area contributed by atoms with Crippen LogP contribution in [0.2, 0.25) is 39.3 Å². The Labute approximate surface area is 136 Å². The number of hydrogen-bond acceptors (Lipinski definition) is 4. The zero-order valence-electron chi connectivity index (χ0n) is 14.4. The molecule has 1 aromatic rings. The van der Waals surface area contributed by atoms with Gasteiger partial charge in [0.2, 0.25) is 5.52 Å². The third-order valence-electron chi connectivity index (χ3n) is 2.56. The van der Waals surface area contributed by atoms with Crippen molar-refractivity contribution in [3.05, 3.63) is 35.9 Å². The van der Waals surface area contributed by atoms with Gasteiger partial charge in [-0.25, -0.2) is 0 Å². The fourth-order valence-corrected chi connectivity index (χ4v) is 9.33. The van der Waals surface area contributed by atoms with E-state index in [4.69, 9.17) is 8.43 Å². The van der Waals surface area contributed by atoms with Crippen LogP contribution in [0.4, 0.5) is 0 Å². The zero-order valence-corrected chi connectivity index (χ0v) is 17.3. The molecule has 0 aliphatic heterocycles. The van der Waals surface area contributed by atoms with Crippen molar-refractivity contribution in [2.75, 3.05) is 0 Å². The molecule has 7 heteroatoms. The van der Waals surface area contributed by atoms with Gasteiger partial charge in [-0.15, -0.1) is 0 Å². The number of benzene rings is 1. The second-order valence-corrected chi connectivity index (χ2v) is 18.7. The maximum absolute atomic E-state index is 13.0. The minimum absolute atomic E-state index is 0.177. The van der Waals surface area contributed by atoms with Crippen LogP contribution >= 0.6 is 7.60 Å². The summed E-state index contributed by atoms with van der Waals surface area (Å²) in [5, 5.41) is 0. The first-order valence-corrected chi connectivity index (χ1v) is 15.9. The van der Waals surface area contributed by atoms with Gasteiger partial charge in [-0.3, -0.25) is 9.36 Å². The lowest BCUT2D eigenvalue weighted by Gasteiger charge is -2.29. The predicted octanol–water partition coefficient (Wildman–Crippen LogP) is 5.04. The van der Waals surface area contributed by atoms with Crippen LogP contribution in [0.5, 0.6) is 0 Å². The molecule has 0 radical (unpaired) electrons. The summed E-state index contributed by atoms with van der Waals surface area (Å²) < 4.78 is 24.5. The summed E-state index contributed by atoms with van der Waals surface area (Å²) in [4.78, 5) is 12.5. The van der Waals surface area contributed by atoms with Crippen molar-refractivity contribution >= 4 is 29.8 Å².